The predicted octanol–water partition coefficient (Wildman–Crippen LogP) is 9.96. The van der Waals surface area contributed by atoms with Gasteiger partial charge in [0.2, 0.25) is 5.71 Å². The van der Waals surface area contributed by atoms with Gasteiger partial charge in [0.15, 0.2) is 0 Å². The summed E-state index contributed by atoms with van der Waals surface area (Å²) < 4.78 is 8.43. The topological polar surface area (TPSA) is 43.9 Å². The first-order valence-electron chi connectivity index (χ1n) is 14.1. The Morgan fingerprint density at radius 1 is 0.452 bits per heavy atom. The van der Waals surface area contributed by atoms with Crippen LogP contribution in [0.25, 0.3) is 83.0 Å². The molecule has 0 N–H and O–H groups in total. The quantitative estimate of drug-likeness (QED) is 0.225. The van der Waals surface area contributed by atoms with Crippen LogP contribution in [-0.2, 0) is 0 Å². The zero-order chi connectivity index (χ0) is 27.6. The summed E-state index contributed by atoms with van der Waals surface area (Å²) in [5.74, 6) is 0. The van der Waals surface area contributed by atoms with E-state index in [-0.39, 0.29) is 0 Å². The zero-order valence-electron chi connectivity index (χ0n) is 22.5. The van der Waals surface area contributed by atoms with E-state index in [1.165, 1.54) is 38.6 Å². The standard InChI is InChI=1S/C38H23N3O/c1-2-11-28(12-3-1)41-34-16-7-4-13-29(34)30-22-26(17-19-35(30)41)24-9-8-10-25(21-24)27-18-20-36-31(23-27)37-38(42-36)40-33-15-6-5-14-32(33)39-37/h1-23H. The molecule has 0 fully saturated rings. The number of hydrogen-bond donors (Lipinski definition) is 0. The van der Waals surface area contributed by atoms with Gasteiger partial charge < -0.3 is 8.98 Å². The SMILES string of the molecule is c1ccc(-n2c3ccccc3c3cc(-c4cccc(-c5ccc6oc7nc8ccccc8nc7c6c5)c4)ccc32)cc1. The molecule has 196 valence electrons. The lowest BCUT2D eigenvalue weighted by molar-refractivity contribution is 0.655. The number of para-hydroxylation sites is 4. The lowest BCUT2D eigenvalue weighted by atomic mass is 9.97. The molecular weight excluding hydrogens is 514 g/mol. The van der Waals surface area contributed by atoms with Crippen LogP contribution in [0.1, 0.15) is 0 Å². The predicted molar refractivity (Wildman–Crippen MR) is 172 cm³/mol. The van der Waals surface area contributed by atoms with Crippen LogP contribution in [0.4, 0.5) is 0 Å². The minimum atomic E-state index is 0.567. The van der Waals surface area contributed by atoms with Gasteiger partial charge in [-0.2, -0.15) is 0 Å². The van der Waals surface area contributed by atoms with Crippen molar-refractivity contribution in [3.05, 3.63) is 140 Å². The summed E-state index contributed by atoms with van der Waals surface area (Å²) in [4.78, 5) is 9.59. The zero-order valence-corrected chi connectivity index (χ0v) is 22.5. The van der Waals surface area contributed by atoms with E-state index in [4.69, 9.17) is 14.4 Å². The van der Waals surface area contributed by atoms with Crippen LogP contribution in [0.2, 0.25) is 0 Å². The monoisotopic (exact) mass is 537 g/mol. The molecule has 0 aliphatic carbocycles. The van der Waals surface area contributed by atoms with Crippen molar-refractivity contribution in [2.45, 2.75) is 0 Å². The Morgan fingerprint density at radius 3 is 1.93 bits per heavy atom. The van der Waals surface area contributed by atoms with Crippen LogP contribution >= 0.6 is 0 Å². The Hall–Kier alpha value is -5.74. The summed E-state index contributed by atoms with van der Waals surface area (Å²) in [5, 5.41) is 3.47. The van der Waals surface area contributed by atoms with Gasteiger partial charge in [0, 0.05) is 21.8 Å². The van der Waals surface area contributed by atoms with Crippen molar-refractivity contribution >= 4 is 55.0 Å². The molecule has 4 heteroatoms. The minimum Gasteiger partial charge on any atom is -0.436 e. The second kappa shape index (κ2) is 8.88. The van der Waals surface area contributed by atoms with Gasteiger partial charge in [0.25, 0.3) is 0 Å². The summed E-state index contributed by atoms with van der Waals surface area (Å²) in [5.41, 5.74) is 12.0. The van der Waals surface area contributed by atoms with E-state index < -0.39 is 0 Å². The molecule has 0 bridgehead atoms. The maximum Gasteiger partial charge on any atom is 0.246 e. The Labute approximate surface area is 241 Å². The molecule has 9 aromatic rings. The van der Waals surface area contributed by atoms with Crippen LogP contribution in [-0.4, -0.2) is 14.5 Å². The van der Waals surface area contributed by atoms with E-state index in [0.717, 1.165) is 38.6 Å². The molecule has 9 rings (SSSR count). The summed E-state index contributed by atoms with van der Waals surface area (Å²) >= 11 is 0. The van der Waals surface area contributed by atoms with Crippen molar-refractivity contribution in [1.29, 1.82) is 0 Å². The summed E-state index contributed by atoms with van der Waals surface area (Å²) in [7, 11) is 0. The van der Waals surface area contributed by atoms with Gasteiger partial charge in [-0.05, 0) is 82.9 Å². The first kappa shape index (κ1) is 23.0. The third-order valence-corrected chi connectivity index (χ3v) is 8.20. The number of benzene rings is 6. The second-order valence-electron chi connectivity index (χ2n) is 10.7. The van der Waals surface area contributed by atoms with E-state index in [1.807, 2.05) is 30.3 Å². The fraction of sp³-hybridized carbons (Fsp3) is 0. The van der Waals surface area contributed by atoms with Crippen molar-refractivity contribution in [1.82, 2.24) is 14.5 Å². The fourth-order valence-corrected chi connectivity index (χ4v) is 6.20. The summed E-state index contributed by atoms with van der Waals surface area (Å²) in [6.45, 7) is 0. The first-order valence-corrected chi connectivity index (χ1v) is 14.1. The first-order chi connectivity index (χ1) is 20.8. The van der Waals surface area contributed by atoms with Gasteiger partial charge in [-0.3, -0.25) is 0 Å². The Morgan fingerprint density at radius 2 is 1.10 bits per heavy atom. The van der Waals surface area contributed by atoms with Crippen molar-refractivity contribution in [2.24, 2.45) is 0 Å². The minimum absolute atomic E-state index is 0.567. The highest BCUT2D eigenvalue weighted by Gasteiger charge is 2.15. The molecule has 0 aliphatic heterocycles. The van der Waals surface area contributed by atoms with Crippen LogP contribution < -0.4 is 0 Å². The largest absolute Gasteiger partial charge is 0.436 e. The lowest BCUT2D eigenvalue weighted by Crippen LogP contribution is -1.92. The van der Waals surface area contributed by atoms with Crippen LogP contribution in [0.5, 0.6) is 0 Å². The highest BCUT2D eigenvalue weighted by atomic mass is 16.3. The van der Waals surface area contributed by atoms with Gasteiger partial charge in [0.1, 0.15) is 11.1 Å². The summed E-state index contributed by atoms with van der Waals surface area (Å²) in [6, 6.07) is 49.0. The van der Waals surface area contributed by atoms with E-state index in [9.17, 15) is 0 Å². The smallest absolute Gasteiger partial charge is 0.246 e. The van der Waals surface area contributed by atoms with Crippen molar-refractivity contribution in [3.63, 3.8) is 0 Å². The van der Waals surface area contributed by atoms with Crippen LogP contribution in [0.3, 0.4) is 0 Å². The van der Waals surface area contributed by atoms with Gasteiger partial charge in [-0.25, -0.2) is 9.97 Å². The number of hydrogen-bond acceptors (Lipinski definition) is 3. The van der Waals surface area contributed by atoms with Crippen molar-refractivity contribution < 1.29 is 4.42 Å². The molecule has 4 nitrogen and oxygen atoms in total. The average molecular weight is 538 g/mol. The molecule has 0 saturated carbocycles. The molecule has 0 saturated heterocycles. The maximum absolute atomic E-state index is 6.08. The van der Waals surface area contributed by atoms with Crippen molar-refractivity contribution in [3.8, 4) is 27.9 Å². The molecule has 0 radical (unpaired) electrons. The Bertz CT molecular complexity index is 2470. The maximum atomic E-state index is 6.08. The van der Waals surface area contributed by atoms with Gasteiger partial charge in [-0.15, -0.1) is 0 Å². The molecule has 3 heterocycles. The number of fused-ring (bicyclic) bond motifs is 7. The lowest BCUT2D eigenvalue weighted by Gasteiger charge is -2.09. The molecule has 42 heavy (non-hydrogen) atoms. The molecule has 0 spiro atoms. The third-order valence-electron chi connectivity index (χ3n) is 8.20. The molecule has 0 amide bonds. The number of furan rings is 1. The highest BCUT2D eigenvalue weighted by Crippen LogP contribution is 2.37. The molecule has 6 aromatic carbocycles. The summed E-state index contributed by atoms with van der Waals surface area (Å²) in [6.07, 6.45) is 0. The van der Waals surface area contributed by atoms with E-state index in [0.29, 0.717) is 5.71 Å². The van der Waals surface area contributed by atoms with Gasteiger partial charge in [0.05, 0.1) is 22.1 Å². The molecule has 0 aliphatic rings. The molecular formula is C38H23N3O. The van der Waals surface area contributed by atoms with E-state index in [1.54, 1.807) is 0 Å². The number of aromatic nitrogens is 3. The van der Waals surface area contributed by atoms with Gasteiger partial charge in [-0.1, -0.05) is 78.9 Å². The molecule has 0 unspecified atom stereocenters. The highest BCUT2D eigenvalue weighted by molar-refractivity contribution is 6.10. The fourth-order valence-electron chi connectivity index (χ4n) is 6.20. The molecule has 3 aromatic heterocycles. The third kappa shape index (κ3) is 3.49. The van der Waals surface area contributed by atoms with Crippen molar-refractivity contribution in [2.75, 3.05) is 0 Å². The Kier molecular flexibility index (Phi) is 4.87. The van der Waals surface area contributed by atoms with E-state index in [2.05, 4.69) is 114 Å². The Balaban J connectivity index is 1.18. The normalized spacial score (nSPS) is 11.8. The number of rotatable bonds is 3. The van der Waals surface area contributed by atoms with Crippen LogP contribution in [0.15, 0.2) is 144 Å². The van der Waals surface area contributed by atoms with E-state index >= 15 is 0 Å². The average Bonchev–Trinajstić information content (AvgIpc) is 3.58. The van der Waals surface area contributed by atoms with Crippen LogP contribution in [0, 0.1) is 0 Å². The van der Waals surface area contributed by atoms with Gasteiger partial charge >= 0.3 is 0 Å². The molecule has 0 atom stereocenters. The number of nitrogens with zero attached hydrogens (tertiary/aromatic N) is 3. The second-order valence-corrected chi connectivity index (χ2v) is 10.7.